The minimum atomic E-state index is -2.04. The van der Waals surface area contributed by atoms with Crippen LogP contribution in [0.25, 0.3) is 0 Å². The highest BCUT2D eigenvalue weighted by Gasteiger charge is 2.57. The quantitative estimate of drug-likeness (QED) is 0.0274. The number of hydrogen-bond donors (Lipinski definition) is 13. The van der Waals surface area contributed by atoms with Gasteiger partial charge in [-0.25, -0.2) is 4.68 Å². The van der Waals surface area contributed by atoms with Crippen molar-refractivity contribution in [3.05, 3.63) is 11.9 Å². The molecule has 1 aromatic rings. The first-order chi connectivity index (χ1) is 38.6. The van der Waals surface area contributed by atoms with E-state index in [-0.39, 0.29) is 32.0 Å². The van der Waals surface area contributed by atoms with Gasteiger partial charge in [0.15, 0.2) is 25.1 Å². The van der Waals surface area contributed by atoms with E-state index in [0.717, 1.165) is 11.8 Å². The van der Waals surface area contributed by atoms with Gasteiger partial charge in [-0.15, -0.1) is 5.10 Å². The molecule has 5 rings (SSSR count). The summed E-state index contributed by atoms with van der Waals surface area (Å²) in [5.74, 6) is -0.655. The van der Waals surface area contributed by atoms with Crippen molar-refractivity contribution in [3.63, 3.8) is 0 Å². The summed E-state index contributed by atoms with van der Waals surface area (Å²) in [6, 6.07) is 0. The van der Waals surface area contributed by atoms with Crippen LogP contribution in [0.1, 0.15) is 19.5 Å². The molecule has 4 saturated heterocycles. The molecular weight excluding hydrogens is 1080 g/mol. The molecule has 33 nitrogen and oxygen atoms in total. The van der Waals surface area contributed by atoms with E-state index in [0.29, 0.717) is 99.0 Å². The maximum Gasteiger partial charge on any atom is 0.221 e. The molecule has 0 radical (unpaired) electrons. The lowest BCUT2D eigenvalue weighted by Crippen LogP contribution is -2.69. The van der Waals surface area contributed by atoms with Gasteiger partial charge in [-0.05, 0) is 6.92 Å². The molecular formula is C47H85N5O28. The topological polar surface area (TPSA) is 458 Å². The van der Waals surface area contributed by atoms with E-state index in [1.54, 1.807) is 0 Å². The van der Waals surface area contributed by atoms with E-state index >= 15 is 0 Å². The Labute approximate surface area is 461 Å². The predicted molar refractivity (Wildman–Crippen MR) is 262 cm³/mol. The number of rotatable bonds is 38. The number of ether oxygens (including phenoxy) is 15. The highest BCUT2D eigenvalue weighted by Crippen LogP contribution is 2.36. The third-order valence-electron chi connectivity index (χ3n) is 13.1. The fraction of sp³-hybridized carbons (Fsp3) is 0.936. The number of amides is 1. The van der Waals surface area contributed by atoms with E-state index in [2.05, 4.69) is 10.3 Å². The first-order valence-electron chi connectivity index (χ1n) is 26.6. The van der Waals surface area contributed by atoms with Crippen LogP contribution in [0.5, 0.6) is 0 Å². The zero-order valence-corrected chi connectivity index (χ0v) is 44.9. The van der Waals surface area contributed by atoms with E-state index in [4.69, 9.17) is 76.8 Å². The molecule has 4 aliphatic heterocycles. The van der Waals surface area contributed by atoms with Crippen molar-refractivity contribution in [2.75, 3.05) is 132 Å². The summed E-state index contributed by atoms with van der Waals surface area (Å²) in [5, 5.41) is 137. The van der Waals surface area contributed by atoms with Crippen LogP contribution >= 0.6 is 0 Å². The minimum Gasteiger partial charge on any atom is -0.394 e. The molecule has 1 aromatic heterocycles. The summed E-state index contributed by atoms with van der Waals surface area (Å²) in [6.45, 7) is 6.67. The molecule has 4 fully saturated rings. The fourth-order valence-corrected chi connectivity index (χ4v) is 8.67. The van der Waals surface area contributed by atoms with Gasteiger partial charge in [0.1, 0.15) is 97.3 Å². The molecule has 466 valence electrons. The largest absolute Gasteiger partial charge is 0.394 e. The Bertz CT molecular complexity index is 1820. The molecule has 9 unspecified atom stereocenters. The summed E-state index contributed by atoms with van der Waals surface area (Å²) in [7, 11) is 0. The number of nitrogens with zero attached hydrogens (tertiary/aromatic N) is 4. The third-order valence-corrected chi connectivity index (χ3v) is 13.1. The second kappa shape index (κ2) is 36.4. The first kappa shape index (κ1) is 68.3. The van der Waals surface area contributed by atoms with Gasteiger partial charge >= 0.3 is 0 Å². The lowest BCUT2D eigenvalue weighted by Gasteiger charge is -2.51. The van der Waals surface area contributed by atoms with Crippen molar-refractivity contribution >= 4 is 5.91 Å². The number of carbonyl (C=O) groups excluding carboxylic acids is 1. The van der Waals surface area contributed by atoms with E-state index < -0.39 is 148 Å². The normalized spacial score (nSPS) is 34.9. The van der Waals surface area contributed by atoms with Gasteiger partial charge in [0.2, 0.25) is 5.91 Å². The van der Waals surface area contributed by atoms with Gasteiger partial charge in [0, 0.05) is 13.5 Å². The summed E-state index contributed by atoms with van der Waals surface area (Å²) in [5.41, 5.74) is 5.58. The summed E-state index contributed by atoms with van der Waals surface area (Å²) in [4.78, 5) is 14.2. The number of aromatic nitrogens is 3. The number of hydrogen-bond acceptors (Lipinski definition) is 31. The van der Waals surface area contributed by atoms with Crippen LogP contribution in [0.4, 0.5) is 0 Å². The Kier molecular flexibility index (Phi) is 31.0. The van der Waals surface area contributed by atoms with Crippen molar-refractivity contribution in [3.8, 4) is 0 Å². The van der Waals surface area contributed by atoms with E-state index in [1.807, 2.05) is 0 Å². The Hall–Kier alpha value is -2.51. The Morgan fingerprint density at radius 3 is 1.45 bits per heavy atom. The average molecular weight is 1170 g/mol. The van der Waals surface area contributed by atoms with Crippen LogP contribution in [-0.4, -0.2) is 342 Å². The van der Waals surface area contributed by atoms with Crippen molar-refractivity contribution in [1.29, 1.82) is 0 Å². The van der Waals surface area contributed by atoms with Crippen molar-refractivity contribution in [2.45, 2.75) is 150 Å². The zero-order chi connectivity index (χ0) is 58.1. The van der Waals surface area contributed by atoms with Gasteiger partial charge in [-0.2, -0.15) is 0 Å². The molecule has 14 N–H and O–H groups in total. The Balaban J connectivity index is 1.06. The van der Waals surface area contributed by atoms with Crippen LogP contribution in [0.15, 0.2) is 6.20 Å². The fourth-order valence-electron chi connectivity index (χ4n) is 8.67. The molecule has 4 aliphatic rings. The molecule has 0 spiro atoms. The molecule has 5 heterocycles. The van der Waals surface area contributed by atoms with E-state index in [9.17, 15) is 66.1 Å². The first-order valence-corrected chi connectivity index (χ1v) is 26.6. The van der Waals surface area contributed by atoms with Crippen LogP contribution in [0, 0.1) is 0 Å². The second-order valence-electron chi connectivity index (χ2n) is 18.9. The van der Waals surface area contributed by atoms with Crippen LogP contribution in [0.3, 0.4) is 0 Å². The smallest absolute Gasteiger partial charge is 0.221 e. The summed E-state index contributed by atoms with van der Waals surface area (Å²) >= 11 is 0. The van der Waals surface area contributed by atoms with Crippen molar-refractivity contribution < 1.29 is 137 Å². The number of nitrogens with two attached hydrogens (primary N) is 1. The van der Waals surface area contributed by atoms with Crippen LogP contribution in [-0.2, 0) is 88.9 Å². The molecule has 0 aliphatic carbocycles. The lowest BCUT2D eigenvalue weighted by molar-refractivity contribution is -0.402. The highest BCUT2D eigenvalue weighted by molar-refractivity contribution is 5.73. The number of aliphatic hydroxyl groups is 12. The zero-order valence-electron chi connectivity index (χ0n) is 44.9. The standard InChI is InChI=1S/C47H85N5O28/c1-26-32(57)35(60)39(64)45(74-26)80-43-42(79-46-40(65)36(61)33(58)29(23-53)76-46)34(59)30(24-54)77-47(43)78-41-31(25-55)75-44(38(63)37(41)62)52(27(2)56)22-28-21-51(50-49-28)4-6-67-8-10-69-12-14-71-16-18-73-20-19-72-17-15-70-13-11-68-9-7-66-5-3-48/h21,26,29-47,53-55,57-65H,3-20,22-25,48H2,1-2H3/t26?,29?,30?,31-,32+,33-,34-,35-,36-,37?,38?,39+,40-,41+,42-,43-,44?,45?,46?,47?/m0/s1. The molecule has 33 heteroatoms. The molecule has 0 saturated carbocycles. The van der Waals surface area contributed by atoms with Crippen molar-refractivity contribution in [2.24, 2.45) is 5.73 Å². The number of carbonyl (C=O) groups is 1. The van der Waals surface area contributed by atoms with Gasteiger partial charge in [-0.3, -0.25) is 4.79 Å². The maximum atomic E-state index is 13.1. The third kappa shape index (κ3) is 20.3. The molecule has 1 amide bonds. The molecule has 0 aromatic carbocycles. The van der Waals surface area contributed by atoms with Gasteiger partial charge in [-0.1, -0.05) is 5.21 Å². The summed E-state index contributed by atoms with van der Waals surface area (Å²) in [6.07, 6.45) is -34.7. The average Bonchev–Trinajstić information content (AvgIpc) is 3.95. The van der Waals surface area contributed by atoms with Gasteiger partial charge in [0.05, 0.1) is 151 Å². The number of aliphatic hydroxyl groups excluding tert-OH is 12. The monoisotopic (exact) mass is 1170 g/mol. The molecule has 0 bridgehead atoms. The molecule has 80 heavy (non-hydrogen) atoms. The van der Waals surface area contributed by atoms with Gasteiger partial charge < -0.3 is 143 Å². The van der Waals surface area contributed by atoms with E-state index in [1.165, 1.54) is 17.8 Å². The van der Waals surface area contributed by atoms with Crippen LogP contribution in [0.2, 0.25) is 0 Å². The predicted octanol–water partition coefficient (Wildman–Crippen LogP) is -8.98. The van der Waals surface area contributed by atoms with Crippen molar-refractivity contribution in [1.82, 2.24) is 19.9 Å². The molecule has 20 atom stereocenters. The second-order valence-corrected chi connectivity index (χ2v) is 18.9. The minimum absolute atomic E-state index is 0.221. The lowest BCUT2D eigenvalue weighted by atomic mass is 9.95. The Morgan fingerprint density at radius 1 is 0.512 bits per heavy atom. The Morgan fingerprint density at radius 2 is 0.950 bits per heavy atom. The van der Waals surface area contributed by atoms with Gasteiger partial charge in [0.25, 0.3) is 0 Å². The van der Waals surface area contributed by atoms with Crippen LogP contribution < -0.4 is 5.73 Å². The SMILES string of the molecule is CC(=O)N(Cc1cn(CCOCCOCCOCCOCCOCCOCCOCCOCCN)nn1)C1O[C@@H](CO)[C@@H](OC2OC(CO)[C@H](O)[C@H](OC3OC(CO)[C@H](O)[C@H](O)[C@@H]3O)[C@@H]2OC2OC(C)[C@@H](O)[C@H](O)[C@H]2O)C(O)C1O. The highest BCUT2D eigenvalue weighted by atomic mass is 16.8. The summed E-state index contributed by atoms with van der Waals surface area (Å²) < 4.78 is 86.2. The maximum absolute atomic E-state index is 13.1.